The Morgan fingerprint density at radius 3 is 3.00 bits per heavy atom. The Hall–Kier alpha value is -1.34. The second-order valence-corrected chi connectivity index (χ2v) is 4.63. The van der Waals surface area contributed by atoms with Gasteiger partial charge in [0.15, 0.2) is 0 Å². The maximum atomic E-state index is 6.08. The molecule has 0 saturated carbocycles. The number of halogens is 1. The SMILES string of the molecule is C#CCOC(c1cccs1)c1cccnc1Cl. The molecule has 0 aliphatic rings. The molecule has 1 atom stereocenters. The van der Waals surface area contributed by atoms with Crippen molar-refractivity contribution in [3.05, 3.63) is 51.4 Å². The number of hydrogen-bond donors (Lipinski definition) is 0. The molecule has 0 spiro atoms. The van der Waals surface area contributed by atoms with E-state index in [1.807, 2.05) is 29.6 Å². The molecule has 0 radical (unpaired) electrons. The zero-order chi connectivity index (χ0) is 12.1. The van der Waals surface area contributed by atoms with Crippen LogP contribution < -0.4 is 0 Å². The minimum Gasteiger partial charge on any atom is -0.355 e. The zero-order valence-corrected chi connectivity index (χ0v) is 10.5. The van der Waals surface area contributed by atoms with Crippen LogP contribution in [0.4, 0.5) is 0 Å². The third-order valence-corrected chi connectivity index (χ3v) is 3.44. The van der Waals surface area contributed by atoms with E-state index in [2.05, 4.69) is 10.9 Å². The van der Waals surface area contributed by atoms with E-state index in [-0.39, 0.29) is 12.7 Å². The summed E-state index contributed by atoms with van der Waals surface area (Å²) in [7, 11) is 0. The van der Waals surface area contributed by atoms with Gasteiger partial charge in [-0.1, -0.05) is 29.7 Å². The van der Waals surface area contributed by atoms with Gasteiger partial charge in [-0.15, -0.1) is 17.8 Å². The van der Waals surface area contributed by atoms with Gasteiger partial charge in [-0.05, 0) is 17.5 Å². The molecule has 0 bridgehead atoms. The number of pyridine rings is 1. The molecule has 2 nitrogen and oxygen atoms in total. The van der Waals surface area contributed by atoms with Crippen LogP contribution in [-0.4, -0.2) is 11.6 Å². The van der Waals surface area contributed by atoms with Gasteiger partial charge in [-0.2, -0.15) is 0 Å². The van der Waals surface area contributed by atoms with E-state index in [1.54, 1.807) is 17.5 Å². The maximum Gasteiger partial charge on any atom is 0.135 e. The van der Waals surface area contributed by atoms with Gasteiger partial charge < -0.3 is 4.74 Å². The molecule has 4 heteroatoms. The number of aromatic nitrogens is 1. The molecule has 0 saturated heterocycles. The van der Waals surface area contributed by atoms with Crippen molar-refractivity contribution in [2.24, 2.45) is 0 Å². The second-order valence-electron chi connectivity index (χ2n) is 3.29. The van der Waals surface area contributed by atoms with E-state index in [0.29, 0.717) is 5.15 Å². The third-order valence-electron chi connectivity index (χ3n) is 2.21. The van der Waals surface area contributed by atoms with Gasteiger partial charge in [-0.3, -0.25) is 0 Å². The average molecular weight is 264 g/mol. The maximum absolute atomic E-state index is 6.08. The van der Waals surface area contributed by atoms with Crippen molar-refractivity contribution in [1.82, 2.24) is 4.98 Å². The first-order valence-electron chi connectivity index (χ1n) is 5.02. The highest BCUT2D eigenvalue weighted by molar-refractivity contribution is 7.10. The molecule has 0 amide bonds. The van der Waals surface area contributed by atoms with Crippen LogP contribution in [0.3, 0.4) is 0 Å². The van der Waals surface area contributed by atoms with E-state index in [1.165, 1.54) is 0 Å². The van der Waals surface area contributed by atoms with Crippen LogP contribution in [0.25, 0.3) is 0 Å². The second kappa shape index (κ2) is 5.83. The van der Waals surface area contributed by atoms with Crippen molar-refractivity contribution in [3.63, 3.8) is 0 Å². The molecule has 17 heavy (non-hydrogen) atoms. The van der Waals surface area contributed by atoms with E-state index >= 15 is 0 Å². The van der Waals surface area contributed by atoms with Gasteiger partial charge in [0.1, 0.15) is 17.9 Å². The summed E-state index contributed by atoms with van der Waals surface area (Å²) in [6.07, 6.45) is 6.63. The topological polar surface area (TPSA) is 22.1 Å². The molecule has 0 fully saturated rings. The van der Waals surface area contributed by atoms with Crippen LogP contribution in [0.15, 0.2) is 35.8 Å². The Morgan fingerprint density at radius 1 is 1.47 bits per heavy atom. The summed E-state index contributed by atoms with van der Waals surface area (Å²) in [4.78, 5) is 5.12. The summed E-state index contributed by atoms with van der Waals surface area (Å²) in [6, 6.07) is 7.70. The largest absolute Gasteiger partial charge is 0.355 e. The summed E-state index contributed by atoms with van der Waals surface area (Å²) in [5.74, 6) is 2.47. The molecule has 2 heterocycles. The van der Waals surface area contributed by atoms with Crippen LogP contribution >= 0.6 is 22.9 Å². The zero-order valence-electron chi connectivity index (χ0n) is 8.97. The molecule has 0 N–H and O–H groups in total. The first-order chi connectivity index (χ1) is 8.33. The summed E-state index contributed by atoms with van der Waals surface area (Å²) < 4.78 is 5.65. The Morgan fingerprint density at radius 2 is 2.35 bits per heavy atom. The number of ether oxygens (including phenoxy) is 1. The van der Waals surface area contributed by atoms with Crippen molar-refractivity contribution in [1.29, 1.82) is 0 Å². The van der Waals surface area contributed by atoms with Crippen molar-refractivity contribution >= 4 is 22.9 Å². The lowest BCUT2D eigenvalue weighted by Crippen LogP contribution is -2.06. The van der Waals surface area contributed by atoms with Gasteiger partial charge in [0.2, 0.25) is 0 Å². The van der Waals surface area contributed by atoms with Crippen LogP contribution in [-0.2, 0) is 4.74 Å². The molecular formula is C13H10ClNOS. The quantitative estimate of drug-likeness (QED) is 0.622. The highest BCUT2D eigenvalue weighted by Gasteiger charge is 2.18. The monoisotopic (exact) mass is 263 g/mol. The minimum absolute atomic E-state index is 0.243. The smallest absolute Gasteiger partial charge is 0.135 e. The minimum atomic E-state index is -0.243. The Kier molecular flexibility index (Phi) is 4.16. The van der Waals surface area contributed by atoms with Crippen LogP contribution in [0, 0.1) is 12.3 Å². The third kappa shape index (κ3) is 2.86. The average Bonchev–Trinajstić information content (AvgIpc) is 2.85. The first kappa shape index (κ1) is 12.1. The molecule has 2 aromatic rings. The lowest BCUT2D eigenvalue weighted by atomic mass is 10.1. The first-order valence-corrected chi connectivity index (χ1v) is 6.27. The highest BCUT2D eigenvalue weighted by Crippen LogP contribution is 2.32. The van der Waals surface area contributed by atoms with Crippen molar-refractivity contribution in [2.75, 3.05) is 6.61 Å². The summed E-state index contributed by atoms with van der Waals surface area (Å²) in [5, 5.41) is 2.44. The Labute approximate surface area is 109 Å². The van der Waals surface area contributed by atoms with Crippen LogP contribution in [0.5, 0.6) is 0 Å². The van der Waals surface area contributed by atoms with Gasteiger partial charge >= 0.3 is 0 Å². The normalized spacial score (nSPS) is 12.0. The molecule has 0 aliphatic carbocycles. The fraction of sp³-hybridized carbons (Fsp3) is 0.154. The number of rotatable bonds is 4. The molecule has 2 rings (SSSR count). The summed E-state index contributed by atoms with van der Waals surface area (Å²) in [5.41, 5.74) is 0.840. The predicted octanol–water partition coefficient (Wildman–Crippen LogP) is 3.54. The van der Waals surface area contributed by atoms with E-state index in [0.717, 1.165) is 10.4 Å². The predicted molar refractivity (Wildman–Crippen MR) is 70.2 cm³/mol. The Balaban J connectivity index is 2.34. The van der Waals surface area contributed by atoms with Gasteiger partial charge in [0.25, 0.3) is 0 Å². The molecule has 1 unspecified atom stereocenters. The van der Waals surface area contributed by atoms with E-state index in [9.17, 15) is 0 Å². The highest BCUT2D eigenvalue weighted by atomic mass is 35.5. The number of nitrogens with zero attached hydrogens (tertiary/aromatic N) is 1. The standard InChI is InChI=1S/C13H10ClNOS/c1-2-8-16-12(11-6-4-9-17-11)10-5-3-7-15-13(10)14/h1,3-7,9,12H,8H2. The Bertz CT molecular complexity index is 518. The van der Waals surface area contributed by atoms with Gasteiger partial charge in [-0.25, -0.2) is 4.98 Å². The van der Waals surface area contributed by atoms with Crippen molar-refractivity contribution in [2.45, 2.75) is 6.10 Å². The molecule has 0 aliphatic heterocycles. The van der Waals surface area contributed by atoms with Crippen LogP contribution in [0.1, 0.15) is 16.5 Å². The van der Waals surface area contributed by atoms with E-state index < -0.39 is 0 Å². The molecular weight excluding hydrogens is 254 g/mol. The summed E-state index contributed by atoms with van der Waals surface area (Å²) >= 11 is 7.68. The number of hydrogen-bond acceptors (Lipinski definition) is 3. The van der Waals surface area contributed by atoms with Gasteiger partial charge in [0, 0.05) is 16.6 Å². The van der Waals surface area contributed by atoms with E-state index in [4.69, 9.17) is 22.8 Å². The van der Waals surface area contributed by atoms with Crippen LogP contribution in [0.2, 0.25) is 5.15 Å². The van der Waals surface area contributed by atoms with Crippen molar-refractivity contribution in [3.8, 4) is 12.3 Å². The number of terminal acetylenes is 1. The van der Waals surface area contributed by atoms with Gasteiger partial charge in [0.05, 0.1) is 0 Å². The molecule has 0 aromatic carbocycles. The number of thiophene rings is 1. The molecule has 2 aromatic heterocycles. The summed E-state index contributed by atoms with van der Waals surface area (Å²) in [6.45, 7) is 0.244. The fourth-order valence-corrected chi connectivity index (χ4v) is 2.50. The fourth-order valence-electron chi connectivity index (χ4n) is 1.49. The lowest BCUT2D eigenvalue weighted by Gasteiger charge is -2.16. The molecule has 86 valence electrons. The van der Waals surface area contributed by atoms with Crippen molar-refractivity contribution < 1.29 is 4.74 Å². The lowest BCUT2D eigenvalue weighted by molar-refractivity contribution is 0.111.